The molecule has 1 N–H and O–H groups in total. The molecule has 0 aliphatic heterocycles. The Hall–Kier alpha value is -3.37. The number of nitrogens with zero attached hydrogens (tertiary/aromatic N) is 4. The van der Waals surface area contributed by atoms with Gasteiger partial charge in [0.05, 0.1) is 37.9 Å². The molecule has 6 nitrogen and oxygen atoms in total. The second kappa shape index (κ2) is 8.33. The van der Waals surface area contributed by atoms with Gasteiger partial charge < -0.3 is 10.1 Å². The smallest absolute Gasteiger partial charge is 0.121 e. The molecule has 2 aromatic heterocycles. The molecule has 7 heteroatoms. The molecule has 0 saturated carbocycles. The summed E-state index contributed by atoms with van der Waals surface area (Å²) in [7, 11) is 1.65. The number of nitrogens with one attached hydrogen (secondary N) is 1. The topological polar surface area (TPSA) is 75.8 Å². The third-order valence-electron chi connectivity index (χ3n) is 4.54. The second-order valence-electron chi connectivity index (χ2n) is 6.50. The molecule has 0 fully saturated rings. The molecule has 0 bridgehead atoms. The monoisotopic (exact) mass is 447 g/mol. The van der Waals surface area contributed by atoms with Crippen molar-refractivity contribution in [2.24, 2.45) is 0 Å². The van der Waals surface area contributed by atoms with E-state index >= 15 is 0 Å². The lowest BCUT2D eigenvalue weighted by Gasteiger charge is -2.13. The number of rotatable bonds is 6. The maximum absolute atomic E-state index is 8.77. The number of benzene rings is 2. The SMILES string of the molecule is COc1cc(Nc2ccnc3ccc(Br)cc23)cc(-c2cnn(CCC#N)c2)c1. The Bertz CT molecular complexity index is 1210. The van der Waals surface area contributed by atoms with Crippen LogP contribution in [0.4, 0.5) is 11.4 Å². The fraction of sp³-hybridized carbons (Fsp3) is 0.136. The number of aromatic nitrogens is 3. The molecule has 0 aliphatic carbocycles. The van der Waals surface area contributed by atoms with Crippen LogP contribution in [0.15, 0.2) is 65.5 Å². The quantitative estimate of drug-likeness (QED) is 0.420. The second-order valence-corrected chi connectivity index (χ2v) is 7.41. The van der Waals surface area contributed by atoms with Crippen molar-refractivity contribution < 1.29 is 4.74 Å². The van der Waals surface area contributed by atoms with Gasteiger partial charge in [-0.15, -0.1) is 0 Å². The predicted molar refractivity (Wildman–Crippen MR) is 117 cm³/mol. The Morgan fingerprint density at radius 2 is 2.07 bits per heavy atom. The van der Waals surface area contributed by atoms with Crippen LogP contribution in [-0.2, 0) is 6.54 Å². The van der Waals surface area contributed by atoms with Gasteiger partial charge >= 0.3 is 0 Å². The summed E-state index contributed by atoms with van der Waals surface area (Å²) in [6.45, 7) is 0.573. The molecule has 0 amide bonds. The number of aryl methyl sites for hydroxylation is 1. The van der Waals surface area contributed by atoms with Gasteiger partial charge in [-0.3, -0.25) is 9.67 Å². The Labute approximate surface area is 176 Å². The summed E-state index contributed by atoms with van der Waals surface area (Å²) in [6, 6.07) is 16.1. The number of hydrogen-bond donors (Lipinski definition) is 1. The molecule has 0 spiro atoms. The van der Waals surface area contributed by atoms with Crippen molar-refractivity contribution in [1.82, 2.24) is 14.8 Å². The summed E-state index contributed by atoms with van der Waals surface area (Å²) in [4.78, 5) is 4.43. The third kappa shape index (κ3) is 4.23. The molecule has 144 valence electrons. The Morgan fingerprint density at radius 1 is 1.17 bits per heavy atom. The number of nitriles is 1. The summed E-state index contributed by atoms with van der Waals surface area (Å²) in [5.74, 6) is 0.745. The van der Waals surface area contributed by atoms with Crippen LogP contribution >= 0.6 is 15.9 Å². The van der Waals surface area contributed by atoms with E-state index in [1.807, 2.05) is 42.6 Å². The number of anilines is 2. The number of methoxy groups -OCH3 is 1. The standard InChI is InChI=1S/C22H18BrN5O/c1-29-19-10-15(16-13-26-28(14-16)8-2-6-24)9-18(12-19)27-22-5-7-25-21-4-3-17(23)11-20(21)22/h3-5,7,9-14H,2,8H2,1H3,(H,25,27). The van der Waals surface area contributed by atoms with Crippen LogP contribution in [0.1, 0.15) is 6.42 Å². The summed E-state index contributed by atoms with van der Waals surface area (Å²) in [5, 5.41) is 17.6. The molecule has 0 unspecified atom stereocenters. The average molecular weight is 448 g/mol. The number of fused-ring (bicyclic) bond motifs is 1. The molecule has 4 rings (SSSR count). The van der Waals surface area contributed by atoms with Crippen LogP contribution < -0.4 is 10.1 Å². The van der Waals surface area contributed by atoms with E-state index in [9.17, 15) is 0 Å². The molecule has 2 heterocycles. The number of ether oxygens (including phenoxy) is 1. The van der Waals surface area contributed by atoms with Gasteiger partial charge in [-0.25, -0.2) is 0 Å². The zero-order valence-electron chi connectivity index (χ0n) is 15.8. The van der Waals surface area contributed by atoms with Gasteiger partial charge in [-0.2, -0.15) is 10.4 Å². The van der Waals surface area contributed by atoms with E-state index in [-0.39, 0.29) is 0 Å². The minimum absolute atomic E-state index is 0.427. The third-order valence-corrected chi connectivity index (χ3v) is 5.04. The van der Waals surface area contributed by atoms with Crippen LogP contribution in [0.5, 0.6) is 5.75 Å². The Kier molecular flexibility index (Phi) is 5.45. The van der Waals surface area contributed by atoms with Crippen molar-refractivity contribution >= 4 is 38.2 Å². The van der Waals surface area contributed by atoms with Crippen molar-refractivity contribution in [3.63, 3.8) is 0 Å². The van der Waals surface area contributed by atoms with Gasteiger partial charge in [0.15, 0.2) is 0 Å². The summed E-state index contributed by atoms with van der Waals surface area (Å²) in [6.07, 6.45) is 5.96. The van der Waals surface area contributed by atoms with E-state index in [2.05, 4.69) is 43.5 Å². The molecular weight excluding hydrogens is 430 g/mol. The number of halogens is 1. The summed E-state index contributed by atoms with van der Waals surface area (Å²) >= 11 is 3.53. The maximum Gasteiger partial charge on any atom is 0.121 e. The van der Waals surface area contributed by atoms with Gasteiger partial charge in [-0.1, -0.05) is 15.9 Å². The lowest BCUT2D eigenvalue weighted by molar-refractivity contribution is 0.415. The van der Waals surface area contributed by atoms with Crippen molar-refractivity contribution in [1.29, 1.82) is 5.26 Å². The molecule has 2 aromatic carbocycles. The highest BCUT2D eigenvalue weighted by Crippen LogP contribution is 2.32. The zero-order chi connectivity index (χ0) is 20.2. The average Bonchev–Trinajstić information content (AvgIpc) is 3.21. The van der Waals surface area contributed by atoms with E-state index < -0.39 is 0 Å². The first-order valence-electron chi connectivity index (χ1n) is 9.06. The largest absolute Gasteiger partial charge is 0.497 e. The van der Waals surface area contributed by atoms with Crippen LogP contribution in [0.25, 0.3) is 22.0 Å². The van der Waals surface area contributed by atoms with Crippen molar-refractivity contribution in [3.8, 4) is 22.9 Å². The fourth-order valence-corrected chi connectivity index (χ4v) is 3.50. The molecule has 0 saturated heterocycles. The first-order chi connectivity index (χ1) is 14.2. The van der Waals surface area contributed by atoms with Crippen LogP contribution in [0, 0.1) is 11.3 Å². The van der Waals surface area contributed by atoms with Crippen molar-refractivity contribution in [2.75, 3.05) is 12.4 Å². The molecule has 0 radical (unpaired) electrons. The normalized spacial score (nSPS) is 10.7. The predicted octanol–water partition coefficient (Wildman–Crippen LogP) is 5.53. The minimum atomic E-state index is 0.427. The molecule has 0 atom stereocenters. The first-order valence-corrected chi connectivity index (χ1v) is 9.86. The Balaban J connectivity index is 1.70. The van der Waals surface area contributed by atoms with Gasteiger partial charge in [0.1, 0.15) is 5.75 Å². The lowest BCUT2D eigenvalue weighted by atomic mass is 10.1. The number of hydrogen-bond acceptors (Lipinski definition) is 5. The first kappa shape index (κ1) is 19.0. The van der Waals surface area contributed by atoms with Gasteiger partial charge in [0.2, 0.25) is 0 Å². The summed E-state index contributed by atoms with van der Waals surface area (Å²) < 4.78 is 8.28. The highest BCUT2D eigenvalue weighted by molar-refractivity contribution is 9.10. The maximum atomic E-state index is 8.77. The summed E-state index contributed by atoms with van der Waals surface area (Å²) in [5.41, 5.74) is 4.72. The molecule has 4 aromatic rings. The highest BCUT2D eigenvalue weighted by atomic mass is 79.9. The lowest BCUT2D eigenvalue weighted by Crippen LogP contribution is -1.96. The van der Waals surface area contributed by atoms with E-state index in [1.165, 1.54) is 0 Å². The van der Waals surface area contributed by atoms with E-state index in [4.69, 9.17) is 10.00 Å². The van der Waals surface area contributed by atoms with Crippen LogP contribution in [0.3, 0.4) is 0 Å². The van der Waals surface area contributed by atoms with Gasteiger partial charge in [-0.05, 0) is 42.0 Å². The van der Waals surface area contributed by atoms with Crippen molar-refractivity contribution in [3.05, 3.63) is 65.5 Å². The minimum Gasteiger partial charge on any atom is -0.497 e. The van der Waals surface area contributed by atoms with Crippen molar-refractivity contribution in [2.45, 2.75) is 13.0 Å². The van der Waals surface area contributed by atoms with Crippen LogP contribution in [0.2, 0.25) is 0 Å². The molecule has 29 heavy (non-hydrogen) atoms. The zero-order valence-corrected chi connectivity index (χ0v) is 17.3. The molecule has 0 aliphatic rings. The van der Waals surface area contributed by atoms with E-state index in [1.54, 1.807) is 24.2 Å². The Morgan fingerprint density at radius 3 is 2.90 bits per heavy atom. The fourth-order valence-electron chi connectivity index (χ4n) is 3.14. The highest BCUT2D eigenvalue weighted by Gasteiger charge is 2.09. The van der Waals surface area contributed by atoms with Crippen LogP contribution in [-0.4, -0.2) is 21.9 Å². The molecular formula is C22H18BrN5O. The van der Waals surface area contributed by atoms with E-state index in [0.717, 1.165) is 43.6 Å². The van der Waals surface area contributed by atoms with Gasteiger partial charge in [0, 0.05) is 45.3 Å². The van der Waals surface area contributed by atoms with Gasteiger partial charge in [0.25, 0.3) is 0 Å². The number of pyridine rings is 1. The van der Waals surface area contributed by atoms with E-state index in [0.29, 0.717) is 13.0 Å².